The lowest BCUT2D eigenvalue weighted by atomic mass is 10.0. The summed E-state index contributed by atoms with van der Waals surface area (Å²) in [6.07, 6.45) is -0.347. The van der Waals surface area contributed by atoms with Crippen molar-refractivity contribution in [2.24, 2.45) is 17.4 Å². The first-order valence-corrected chi connectivity index (χ1v) is 10.2. The van der Waals surface area contributed by atoms with E-state index >= 15 is 0 Å². The largest absolute Gasteiger partial charge is 0.481 e. The highest BCUT2D eigenvalue weighted by Gasteiger charge is 2.38. The zero-order valence-electron chi connectivity index (χ0n) is 18.1. The van der Waals surface area contributed by atoms with Gasteiger partial charge in [-0.1, -0.05) is 13.8 Å². The summed E-state index contributed by atoms with van der Waals surface area (Å²) in [5.41, 5.74) is 10.5. The first-order valence-electron chi connectivity index (χ1n) is 10.2. The third kappa shape index (κ3) is 8.13. The molecular weight excluding hydrogens is 426 g/mol. The highest BCUT2D eigenvalue weighted by atomic mass is 16.4. The number of rotatable bonds is 12. The van der Waals surface area contributed by atoms with Crippen molar-refractivity contribution in [3.63, 3.8) is 0 Å². The number of hydrogen-bond donors (Lipinski definition) is 6. The number of nitrogens with two attached hydrogens (primary N) is 2. The Balaban J connectivity index is 3.01. The monoisotopic (exact) mass is 457 g/mol. The lowest BCUT2D eigenvalue weighted by Gasteiger charge is -2.29. The van der Waals surface area contributed by atoms with E-state index in [-0.39, 0.29) is 18.9 Å². The number of hydrogen-bond acceptors (Lipinski definition) is 7. The molecule has 0 spiro atoms. The second-order valence-electron chi connectivity index (χ2n) is 8.15. The summed E-state index contributed by atoms with van der Waals surface area (Å²) < 4.78 is 0. The van der Waals surface area contributed by atoms with Gasteiger partial charge in [-0.15, -0.1) is 0 Å². The molecule has 1 aliphatic rings. The van der Waals surface area contributed by atoms with E-state index in [0.717, 1.165) is 0 Å². The standard InChI is InChI=1S/C19H31N5O8/c1-9(2)6-12(18(30)24-5-3-4-13(24)19(31)32)23-17(29)11(8-15(26)27)22-16(28)10(20)7-14(21)25/h9-13H,3-8,20H2,1-2H3,(H2,21,25)(H,22,28)(H,23,29)(H,26,27)(H,31,32). The fraction of sp³-hybridized carbons (Fsp3) is 0.684. The summed E-state index contributed by atoms with van der Waals surface area (Å²) >= 11 is 0. The molecule has 1 rings (SSSR count). The van der Waals surface area contributed by atoms with E-state index in [2.05, 4.69) is 10.6 Å². The number of amides is 4. The molecule has 0 aromatic carbocycles. The van der Waals surface area contributed by atoms with Crippen LogP contribution in [0.1, 0.15) is 46.0 Å². The Morgan fingerprint density at radius 2 is 1.59 bits per heavy atom. The Hall–Kier alpha value is -3.22. The van der Waals surface area contributed by atoms with Gasteiger partial charge < -0.3 is 37.2 Å². The quantitative estimate of drug-likeness (QED) is 0.186. The van der Waals surface area contributed by atoms with E-state index in [1.807, 2.05) is 0 Å². The van der Waals surface area contributed by atoms with Gasteiger partial charge in [0, 0.05) is 6.54 Å². The van der Waals surface area contributed by atoms with E-state index in [1.165, 1.54) is 4.90 Å². The SMILES string of the molecule is CC(C)CC(NC(=O)C(CC(=O)O)NC(=O)C(N)CC(N)=O)C(=O)N1CCCC1C(=O)O. The van der Waals surface area contributed by atoms with E-state index in [1.54, 1.807) is 13.8 Å². The van der Waals surface area contributed by atoms with Gasteiger partial charge in [-0.05, 0) is 25.2 Å². The highest BCUT2D eigenvalue weighted by Crippen LogP contribution is 2.20. The Kier molecular flexibility index (Phi) is 10.0. The Morgan fingerprint density at radius 3 is 2.09 bits per heavy atom. The Labute approximate surface area is 184 Å². The van der Waals surface area contributed by atoms with E-state index in [9.17, 15) is 33.9 Å². The number of nitrogens with zero attached hydrogens (tertiary/aromatic N) is 1. The lowest BCUT2D eigenvalue weighted by molar-refractivity contribution is -0.150. The van der Waals surface area contributed by atoms with Crippen molar-refractivity contribution >= 4 is 35.6 Å². The fourth-order valence-electron chi connectivity index (χ4n) is 3.42. The minimum absolute atomic E-state index is 0.0633. The van der Waals surface area contributed by atoms with Gasteiger partial charge in [0.2, 0.25) is 23.6 Å². The van der Waals surface area contributed by atoms with Crippen LogP contribution < -0.4 is 22.1 Å². The maximum absolute atomic E-state index is 13.0. The maximum Gasteiger partial charge on any atom is 0.326 e. The second-order valence-corrected chi connectivity index (χ2v) is 8.15. The number of aliphatic carboxylic acids is 2. The molecule has 0 bridgehead atoms. The van der Waals surface area contributed by atoms with Crippen LogP contribution in [0, 0.1) is 5.92 Å². The highest BCUT2D eigenvalue weighted by molar-refractivity contribution is 5.96. The fourth-order valence-corrected chi connectivity index (χ4v) is 3.42. The van der Waals surface area contributed by atoms with Crippen molar-refractivity contribution in [1.82, 2.24) is 15.5 Å². The van der Waals surface area contributed by atoms with Crippen LogP contribution in [0.25, 0.3) is 0 Å². The molecule has 4 atom stereocenters. The van der Waals surface area contributed by atoms with Gasteiger partial charge in [-0.2, -0.15) is 0 Å². The average molecular weight is 457 g/mol. The van der Waals surface area contributed by atoms with Gasteiger partial charge in [0.1, 0.15) is 18.1 Å². The van der Waals surface area contributed by atoms with Crippen LogP contribution >= 0.6 is 0 Å². The maximum atomic E-state index is 13.0. The van der Waals surface area contributed by atoms with Gasteiger partial charge >= 0.3 is 11.9 Å². The van der Waals surface area contributed by atoms with Crippen LogP contribution in [0.2, 0.25) is 0 Å². The number of carboxylic acid groups (broad SMARTS) is 2. The first-order chi connectivity index (χ1) is 14.8. The minimum Gasteiger partial charge on any atom is -0.481 e. The van der Waals surface area contributed by atoms with Crippen LogP contribution in [-0.2, 0) is 28.8 Å². The van der Waals surface area contributed by atoms with Crippen molar-refractivity contribution in [3.8, 4) is 0 Å². The van der Waals surface area contributed by atoms with Gasteiger partial charge in [0.05, 0.1) is 18.9 Å². The van der Waals surface area contributed by atoms with Gasteiger partial charge in [-0.25, -0.2) is 4.79 Å². The zero-order valence-corrected chi connectivity index (χ0v) is 18.1. The molecule has 13 heteroatoms. The number of primary amides is 1. The summed E-state index contributed by atoms with van der Waals surface area (Å²) in [7, 11) is 0. The molecule has 180 valence electrons. The molecule has 0 aromatic rings. The van der Waals surface area contributed by atoms with Crippen molar-refractivity contribution in [3.05, 3.63) is 0 Å². The summed E-state index contributed by atoms with van der Waals surface area (Å²) in [5, 5.41) is 23.1. The van der Waals surface area contributed by atoms with Gasteiger partial charge in [0.15, 0.2) is 0 Å². The molecule has 8 N–H and O–H groups in total. The third-order valence-electron chi connectivity index (χ3n) is 4.91. The molecule has 1 saturated heterocycles. The van der Waals surface area contributed by atoms with Crippen molar-refractivity contribution in [2.75, 3.05) is 6.54 Å². The summed E-state index contributed by atoms with van der Waals surface area (Å²) in [6.45, 7) is 3.81. The number of likely N-dealkylation sites (tertiary alicyclic amines) is 1. The third-order valence-corrected chi connectivity index (χ3v) is 4.91. The topological polar surface area (TPSA) is 222 Å². The van der Waals surface area contributed by atoms with Crippen molar-refractivity contribution in [2.45, 2.75) is 70.1 Å². The van der Waals surface area contributed by atoms with E-state index in [0.29, 0.717) is 12.8 Å². The van der Waals surface area contributed by atoms with Crippen LogP contribution in [-0.4, -0.2) is 81.4 Å². The van der Waals surface area contributed by atoms with Crippen LogP contribution in [0.4, 0.5) is 0 Å². The van der Waals surface area contributed by atoms with Crippen LogP contribution in [0.15, 0.2) is 0 Å². The molecule has 13 nitrogen and oxygen atoms in total. The molecule has 4 unspecified atom stereocenters. The molecule has 32 heavy (non-hydrogen) atoms. The number of nitrogens with one attached hydrogen (secondary N) is 2. The number of carbonyl (C=O) groups excluding carboxylic acids is 4. The van der Waals surface area contributed by atoms with E-state index in [4.69, 9.17) is 16.6 Å². The summed E-state index contributed by atoms with van der Waals surface area (Å²) in [5.74, 6) is -5.96. The molecule has 0 saturated carbocycles. The molecular formula is C19H31N5O8. The molecule has 0 aromatic heterocycles. The molecule has 1 fully saturated rings. The summed E-state index contributed by atoms with van der Waals surface area (Å²) in [6, 6.07) is -5.08. The zero-order chi connectivity index (χ0) is 24.6. The molecule has 0 radical (unpaired) electrons. The van der Waals surface area contributed by atoms with Crippen LogP contribution in [0.5, 0.6) is 0 Å². The predicted molar refractivity (Wildman–Crippen MR) is 110 cm³/mol. The van der Waals surface area contributed by atoms with E-state index < -0.39 is 72.6 Å². The smallest absolute Gasteiger partial charge is 0.326 e. The second kappa shape index (κ2) is 12.0. The Morgan fingerprint density at radius 1 is 1.00 bits per heavy atom. The normalized spacial score (nSPS) is 18.5. The molecule has 4 amide bonds. The van der Waals surface area contributed by atoms with Crippen LogP contribution in [0.3, 0.4) is 0 Å². The van der Waals surface area contributed by atoms with Gasteiger partial charge in [-0.3, -0.25) is 24.0 Å². The minimum atomic E-state index is -1.57. The Bertz CT molecular complexity index is 756. The average Bonchev–Trinajstić information content (AvgIpc) is 3.15. The summed E-state index contributed by atoms with van der Waals surface area (Å²) in [4.78, 5) is 72.7. The molecule has 1 aliphatic heterocycles. The van der Waals surface area contributed by atoms with Crippen molar-refractivity contribution in [1.29, 1.82) is 0 Å². The predicted octanol–water partition coefficient (Wildman–Crippen LogP) is -2.24. The number of carboxylic acids is 2. The number of carbonyl (C=O) groups is 6. The van der Waals surface area contributed by atoms with Gasteiger partial charge in [0.25, 0.3) is 0 Å². The first kappa shape index (κ1) is 26.8. The van der Waals surface area contributed by atoms with Crippen molar-refractivity contribution < 1.29 is 39.0 Å². The lowest BCUT2D eigenvalue weighted by Crippen LogP contribution is -2.58. The molecule has 1 heterocycles. The molecule has 0 aliphatic carbocycles.